The Bertz CT molecular complexity index is 880. The molecular weight excluding hydrogens is 352 g/mol. The molecular formula is C20H19F2N3O2. The number of hydrogen-bond donors (Lipinski definition) is 1. The summed E-state index contributed by atoms with van der Waals surface area (Å²) in [6.07, 6.45) is -1.25. The molecule has 3 aromatic rings. The van der Waals surface area contributed by atoms with Crippen LogP contribution in [0.25, 0.3) is 0 Å². The standard InChI is InChI=1S/C20H19F2N3O2/c1-14(21)12-25(17-9-7-15(22)8-10-17)20(26)19-11-16(23-24-19)13-27-18-5-3-2-4-6-18/h2-11,14H,12-13H2,1H3,(H,23,24)/t14-/m0/s1. The van der Waals surface area contributed by atoms with E-state index in [1.54, 1.807) is 6.07 Å². The number of rotatable bonds is 7. The van der Waals surface area contributed by atoms with Gasteiger partial charge in [-0.2, -0.15) is 5.10 Å². The first-order valence-corrected chi connectivity index (χ1v) is 8.46. The summed E-state index contributed by atoms with van der Waals surface area (Å²) < 4.78 is 32.4. The molecule has 0 aliphatic heterocycles. The van der Waals surface area contributed by atoms with Crippen LogP contribution in [-0.2, 0) is 6.61 Å². The summed E-state index contributed by atoms with van der Waals surface area (Å²) in [5.74, 6) is -0.216. The Balaban J connectivity index is 1.74. The molecule has 0 saturated carbocycles. The van der Waals surface area contributed by atoms with Gasteiger partial charge in [-0.1, -0.05) is 18.2 Å². The molecule has 0 radical (unpaired) electrons. The number of para-hydroxylation sites is 1. The fourth-order valence-electron chi connectivity index (χ4n) is 2.54. The van der Waals surface area contributed by atoms with Gasteiger partial charge >= 0.3 is 0 Å². The van der Waals surface area contributed by atoms with E-state index in [9.17, 15) is 13.6 Å². The van der Waals surface area contributed by atoms with E-state index >= 15 is 0 Å². The van der Waals surface area contributed by atoms with E-state index < -0.39 is 17.9 Å². The lowest BCUT2D eigenvalue weighted by Crippen LogP contribution is -2.35. The maximum atomic E-state index is 13.6. The van der Waals surface area contributed by atoms with Crippen LogP contribution >= 0.6 is 0 Å². The van der Waals surface area contributed by atoms with Crippen molar-refractivity contribution in [3.05, 3.63) is 77.9 Å². The van der Waals surface area contributed by atoms with Crippen LogP contribution in [0.2, 0.25) is 0 Å². The van der Waals surface area contributed by atoms with Crippen molar-refractivity contribution < 1.29 is 18.3 Å². The van der Waals surface area contributed by atoms with Gasteiger partial charge in [-0.05, 0) is 49.4 Å². The third-order valence-electron chi connectivity index (χ3n) is 3.81. The van der Waals surface area contributed by atoms with Crippen LogP contribution in [0, 0.1) is 5.82 Å². The lowest BCUT2D eigenvalue weighted by molar-refractivity contribution is 0.0975. The normalized spacial score (nSPS) is 11.8. The highest BCUT2D eigenvalue weighted by atomic mass is 19.1. The lowest BCUT2D eigenvalue weighted by Gasteiger charge is -2.22. The summed E-state index contributed by atoms with van der Waals surface area (Å²) in [6, 6.07) is 16.1. The maximum Gasteiger partial charge on any atom is 0.278 e. The summed E-state index contributed by atoms with van der Waals surface area (Å²) in [5.41, 5.74) is 1.14. The molecule has 0 spiro atoms. The number of carbonyl (C=O) groups is 1. The number of aromatic nitrogens is 2. The number of aromatic amines is 1. The molecule has 1 amide bonds. The van der Waals surface area contributed by atoms with Crippen molar-refractivity contribution in [3.63, 3.8) is 0 Å². The molecule has 0 aliphatic rings. The predicted octanol–water partition coefficient (Wildman–Crippen LogP) is 4.13. The number of nitrogens with one attached hydrogen (secondary N) is 1. The van der Waals surface area contributed by atoms with Crippen LogP contribution < -0.4 is 9.64 Å². The van der Waals surface area contributed by atoms with Gasteiger partial charge < -0.3 is 9.64 Å². The van der Waals surface area contributed by atoms with Crippen LogP contribution in [0.3, 0.4) is 0 Å². The molecule has 0 unspecified atom stereocenters. The molecule has 0 saturated heterocycles. The molecule has 1 N–H and O–H groups in total. The number of amides is 1. The van der Waals surface area contributed by atoms with Crippen molar-refractivity contribution in [2.45, 2.75) is 19.7 Å². The van der Waals surface area contributed by atoms with Gasteiger partial charge in [0.05, 0.1) is 12.2 Å². The molecule has 1 aromatic heterocycles. The molecule has 0 aliphatic carbocycles. The predicted molar refractivity (Wildman–Crippen MR) is 98.0 cm³/mol. The SMILES string of the molecule is C[C@H](F)CN(C(=O)c1cc(COc2ccccc2)[nH]n1)c1ccc(F)cc1. The van der Waals surface area contributed by atoms with Crippen molar-refractivity contribution >= 4 is 11.6 Å². The second-order valence-electron chi connectivity index (χ2n) is 6.05. The van der Waals surface area contributed by atoms with Gasteiger partial charge in [-0.3, -0.25) is 9.89 Å². The van der Waals surface area contributed by atoms with E-state index in [0.29, 0.717) is 17.1 Å². The van der Waals surface area contributed by atoms with Crippen molar-refractivity contribution in [2.75, 3.05) is 11.4 Å². The number of benzene rings is 2. The highest BCUT2D eigenvalue weighted by Crippen LogP contribution is 2.19. The highest BCUT2D eigenvalue weighted by molar-refractivity contribution is 6.04. The Morgan fingerprint density at radius 3 is 2.56 bits per heavy atom. The van der Waals surface area contributed by atoms with Gasteiger partial charge in [0.2, 0.25) is 0 Å². The van der Waals surface area contributed by atoms with Crippen LogP contribution in [0.15, 0.2) is 60.7 Å². The Morgan fingerprint density at radius 1 is 1.19 bits per heavy atom. The van der Waals surface area contributed by atoms with E-state index in [1.165, 1.54) is 36.1 Å². The minimum Gasteiger partial charge on any atom is -0.487 e. The van der Waals surface area contributed by atoms with Gasteiger partial charge in [0.15, 0.2) is 5.69 Å². The van der Waals surface area contributed by atoms with E-state index in [1.807, 2.05) is 30.3 Å². The Morgan fingerprint density at radius 2 is 1.89 bits per heavy atom. The lowest BCUT2D eigenvalue weighted by atomic mass is 10.2. The topological polar surface area (TPSA) is 58.2 Å². The van der Waals surface area contributed by atoms with Gasteiger partial charge in [-0.15, -0.1) is 0 Å². The van der Waals surface area contributed by atoms with Gasteiger partial charge in [-0.25, -0.2) is 8.78 Å². The first-order valence-electron chi connectivity index (χ1n) is 8.46. The second-order valence-corrected chi connectivity index (χ2v) is 6.05. The molecule has 0 bridgehead atoms. The number of carbonyl (C=O) groups excluding carboxylic acids is 1. The molecule has 7 heteroatoms. The van der Waals surface area contributed by atoms with Crippen LogP contribution in [-0.4, -0.2) is 28.8 Å². The average Bonchev–Trinajstić information content (AvgIpc) is 3.14. The fourth-order valence-corrected chi connectivity index (χ4v) is 2.54. The van der Waals surface area contributed by atoms with E-state index in [2.05, 4.69) is 10.2 Å². The summed E-state index contributed by atoms with van der Waals surface area (Å²) in [6.45, 7) is 1.40. The number of alkyl halides is 1. The number of hydrogen-bond acceptors (Lipinski definition) is 3. The number of halogens is 2. The largest absolute Gasteiger partial charge is 0.487 e. The zero-order valence-corrected chi connectivity index (χ0v) is 14.7. The quantitative estimate of drug-likeness (QED) is 0.679. The number of nitrogens with zero attached hydrogens (tertiary/aromatic N) is 2. The molecule has 2 aromatic carbocycles. The van der Waals surface area contributed by atoms with Crippen LogP contribution in [0.4, 0.5) is 14.5 Å². The highest BCUT2D eigenvalue weighted by Gasteiger charge is 2.22. The fraction of sp³-hybridized carbons (Fsp3) is 0.200. The molecule has 1 heterocycles. The Kier molecular flexibility index (Phi) is 5.80. The zero-order valence-electron chi connectivity index (χ0n) is 14.7. The van der Waals surface area contributed by atoms with Gasteiger partial charge in [0, 0.05) is 5.69 Å². The molecule has 140 valence electrons. The van der Waals surface area contributed by atoms with Crippen molar-refractivity contribution in [1.29, 1.82) is 0 Å². The average molecular weight is 371 g/mol. The van der Waals surface area contributed by atoms with E-state index in [4.69, 9.17) is 4.74 Å². The Labute approximate surface area is 155 Å². The summed E-state index contributed by atoms with van der Waals surface area (Å²) >= 11 is 0. The molecule has 5 nitrogen and oxygen atoms in total. The van der Waals surface area contributed by atoms with E-state index in [0.717, 1.165) is 0 Å². The van der Waals surface area contributed by atoms with Crippen molar-refractivity contribution in [3.8, 4) is 5.75 Å². The smallest absolute Gasteiger partial charge is 0.278 e. The second kappa shape index (κ2) is 8.44. The zero-order chi connectivity index (χ0) is 19.2. The van der Waals surface area contributed by atoms with Crippen LogP contribution in [0.1, 0.15) is 23.1 Å². The third-order valence-corrected chi connectivity index (χ3v) is 3.81. The molecule has 3 rings (SSSR count). The third kappa shape index (κ3) is 4.91. The summed E-state index contributed by atoms with van der Waals surface area (Å²) in [7, 11) is 0. The van der Waals surface area contributed by atoms with Gasteiger partial charge in [0.1, 0.15) is 24.3 Å². The van der Waals surface area contributed by atoms with E-state index in [-0.39, 0.29) is 18.8 Å². The van der Waals surface area contributed by atoms with Crippen LogP contribution in [0.5, 0.6) is 5.75 Å². The van der Waals surface area contributed by atoms with Crippen molar-refractivity contribution in [1.82, 2.24) is 10.2 Å². The Hall–Kier alpha value is -3.22. The molecule has 27 heavy (non-hydrogen) atoms. The van der Waals surface area contributed by atoms with Crippen molar-refractivity contribution in [2.24, 2.45) is 0 Å². The minimum atomic E-state index is -1.25. The molecule has 0 fully saturated rings. The molecule has 1 atom stereocenters. The minimum absolute atomic E-state index is 0.131. The first kappa shape index (κ1) is 18.6. The van der Waals surface area contributed by atoms with Gasteiger partial charge in [0.25, 0.3) is 5.91 Å². The first-order chi connectivity index (χ1) is 13.0. The number of anilines is 1. The summed E-state index contributed by atoms with van der Waals surface area (Å²) in [4.78, 5) is 14.0. The maximum absolute atomic E-state index is 13.6. The number of H-pyrrole nitrogens is 1. The monoisotopic (exact) mass is 371 g/mol. The number of ether oxygens (including phenoxy) is 1. The summed E-state index contributed by atoms with van der Waals surface area (Å²) in [5, 5.41) is 6.76.